The van der Waals surface area contributed by atoms with Crippen LogP contribution < -0.4 is 0 Å². The third kappa shape index (κ3) is 4.19. The van der Waals surface area contributed by atoms with Gasteiger partial charge in [0.2, 0.25) is 0 Å². The fourth-order valence-corrected chi connectivity index (χ4v) is 4.79. The number of fused-ring (bicyclic) bond motifs is 5. The average molecular weight is 446 g/mol. The van der Waals surface area contributed by atoms with Crippen molar-refractivity contribution in [3.8, 4) is 0 Å². The second kappa shape index (κ2) is 8.71. The van der Waals surface area contributed by atoms with E-state index < -0.39 is 0 Å². The van der Waals surface area contributed by atoms with Crippen LogP contribution in [0, 0.1) is 24.2 Å². The van der Waals surface area contributed by atoms with Gasteiger partial charge in [0.25, 0.3) is 0 Å². The number of nitrogens with zero attached hydrogens (tertiary/aromatic N) is 2. The van der Waals surface area contributed by atoms with Crippen molar-refractivity contribution in [3.63, 3.8) is 0 Å². The smallest absolute Gasteiger partial charge is 0.146 e. The molecule has 32 heavy (non-hydrogen) atoms. The molecule has 0 amide bonds. The van der Waals surface area contributed by atoms with Gasteiger partial charge in [-0.05, 0) is 97.7 Å². The van der Waals surface area contributed by atoms with E-state index in [-0.39, 0.29) is 0 Å². The van der Waals surface area contributed by atoms with Crippen LogP contribution in [-0.4, -0.2) is 15.1 Å². The SMILES string of the molecule is CC(=N)/C=C\c1c(C)c2cc(Cl)ccc2n2c1nc1cc(CC(C)C)c(CC(C)C)cc12. The average Bonchev–Trinajstić information content (AvgIpc) is 3.05. The van der Waals surface area contributed by atoms with E-state index in [1.54, 1.807) is 6.92 Å². The lowest BCUT2D eigenvalue weighted by Gasteiger charge is -2.15. The molecule has 0 unspecified atom stereocenters. The van der Waals surface area contributed by atoms with E-state index >= 15 is 0 Å². The number of halogens is 1. The van der Waals surface area contributed by atoms with E-state index in [1.807, 2.05) is 24.3 Å². The van der Waals surface area contributed by atoms with Crippen LogP contribution in [0.15, 0.2) is 36.4 Å². The third-order valence-corrected chi connectivity index (χ3v) is 6.22. The van der Waals surface area contributed by atoms with Crippen molar-refractivity contribution in [2.45, 2.75) is 54.4 Å². The highest BCUT2D eigenvalue weighted by molar-refractivity contribution is 6.31. The van der Waals surface area contributed by atoms with Crippen molar-refractivity contribution < 1.29 is 0 Å². The zero-order chi connectivity index (χ0) is 23.2. The van der Waals surface area contributed by atoms with Gasteiger partial charge in [-0.1, -0.05) is 39.3 Å². The van der Waals surface area contributed by atoms with Crippen LogP contribution in [0.4, 0.5) is 0 Å². The lowest BCUT2D eigenvalue weighted by molar-refractivity contribution is 0.616. The Labute approximate surface area is 195 Å². The summed E-state index contributed by atoms with van der Waals surface area (Å²) < 4.78 is 2.27. The minimum Gasteiger partial charge on any atom is -0.306 e. The fourth-order valence-electron chi connectivity index (χ4n) is 4.62. The second-order valence-corrected chi connectivity index (χ2v) is 10.2. The molecule has 0 atom stereocenters. The molecule has 1 N–H and O–H groups in total. The minimum absolute atomic E-state index is 0.517. The van der Waals surface area contributed by atoms with Gasteiger partial charge >= 0.3 is 0 Å². The summed E-state index contributed by atoms with van der Waals surface area (Å²) in [5.41, 5.74) is 9.71. The molecule has 2 aromatic carbocycles. The van der Waals surface area contributed by atoms with Crippen LogP contribution in [0.1, 0.15) is 56.9 Å². The van der Waals surface area contributed by atoms with Crippen LogP contribution in [0.25, 0.3) is 33.7 Å². The maximum atomic E-state index is 7.88. The number of pyridine rings is 1. The number of benzene rings is 2. The van der Waals surface area contributed by atoms with Gasteiger partial charge in [-0.25, -0.2) is 4.98 Å². The van der Waals surface area contributed by atoms with Gasteiger partial charge in [0, 0.05) is 21.7 Å². The van der Waals surface area contributed by atoms with Gasteiger partial charge in [-0.15, -0.1) is 0 Å². The quantitative estimate of drug-likeness (QED) is 0.299. The molecule has 0 bridgehead atoms. The number of imidazole rings is 1. The molecule has 4 rings (SSSR count). The van der Waals surface area contributed by atoms with E-state index in [0.717, 1.165) is 56.6 Å². The summed E-state index contributed by atoms with van der Waals surface area (Å²) in [6.45, 7) is 13.0. The van der Waals surface area contributed by atoms with Gasteiger partial charge in [0.1, 0.15) is 5.65 Å². The lowest BCUT2D eigenvalue weighted by atomic mass is 9.92. The number of hydrogen-bond acceptors (Lipinski definition) is 2. The molecular weight excluding hydrogens is 414 g/mol. The van der Waals surface area contributed by atoms with E-state index in [9.17, 15) is 0 Å². The van der Waals surface area contributed by atoms with Gasteiger partial charge in [-0.2, -0.15) is 0 Å². The summed E-state index contributed by atoms with van der Waals surface area (Å²) in [4.78, 5) is 5.12. The molecule has 0 radical (unpaired) electrons. The van der Waals surface area contributed by atoms with Crippen molar-refractivity contribution in [3.05, 3.63) is 63.7 Å². The summed E-state index contributed by atoms with van der Waals surface area (Å²) in [6, 6.07) is 10.7. The maximum absolute atomic E-state index is 7.88. The topological polar surface area (TPSA) is 41.2 Å². The third-order valence-electron chi connectivity index (χ3n) is 5.98. The number of aryl methyl sites for hydroxylation is 1. The molecule has 3 nitrogen and oxygen atoms in total. The Morgan fingerprint density at radius 2 is 1.69 bits per heavy atom. The van der Waals surface area contributed by atoms with E-state index in [4.69, 9.17) is 22.0 Å². The van der Waals surface area contributed by atoms with E-state index in [2.05, 4.69) is 57.2 Å². The molecular formula is C28H32ClN3. The van der Waals surface area contributed by atoms with Crippen LogP contribution in [-0.2, 0) is 12.8 Å². The van der Waals surface area contributed by atoms with Crippen molar-refractivity contribution in [1.82, 2.24) is 9.38 Å². The standard InChI is InChI=1S/C28H32ClN3/c1-16(2)11-20-13-25-27(14-21(20)12-17(3)4)32-26-10-8-22(29)15-24(26)19(6)23(28(32)31-25)9-7-18(5)30/h7-10,13-17,30H,11-12H2,1-6H3/b9-7-,30-18?. The molecule has 2 heterocycles. The molecule has 166 valence electrons. The molecule has 0 saturated carbocycles. The Morgan fingerprint density at radius 1 is 1.03 bits per heavy atom. The minimum atomic E-state index is 0.517. The van der Waals surface area contributed by atoms with Gasteiger partial charge in [0.15, 0.2) is 0 Å². The molecule has 2 aromatic heterocycles. The Morgan fingerprint density at radius 3 is 2.31 bits per heavy atom. The summed E-state index contributed by atoms with van der Waals surface area (Å²) >= 11 is 6.39. The first-order valence-corrected chi connectivity index (χ1v) is 11.8. The highest BCUT2D eigenvalue weighted by atomic mass is 35.5. The predicted molar refractivity (Wildman–Crippen MR) is 139 cm³/mol. The molecule has 4 aromatic rings. The van der Waals surface area contributed by atoms with E-state index in [0.29, 0.717) is 17.5 Å². The normalized spacial score (nSPS) is 12.4. The summed E-state index contributed by atoms with van der Waals surface area (Å²) in [5, 5.41) is 9.72. The molecule has 0 saturated heterocycles. The zero-order valence-electron chi connectivity index (χ0n) is 19.9. The molecule has 0 aliphatic heterocycles. The largest absolute Gasteiger partial charge is 0.306 e. The number of aromatic nitrogens is 2. The van der Waals surface area contributed by atoms with Gasteiger partial charge in [-0.3, -0.25) is 4.40 Å². The maximum Gasteiger partial charge on any atom is 0.146 e. The van der Waals surface area contributed by atoms with Crippen molar-refractivity contribution in [2.75, 3.05) is 0 Å². The van der Waals surface area contributed by atoms with Gasteiger partial charge in [0.05, 0.1) is 16.6 Å². The highest BCUT2D eigenvalue weighted by Gasteiger charge is 2.18. The molecule has 0 spiro atoms. The summed E-state index contributed by atoms with van der Waals surface area (Å²) in [5.74, 6) is 1.18. The molecule has 0 aliphatic rings. The Bertz CT molecular complexity index is 1370. The van der Waals surface area contributed by atoms with E-state index in [1.165, 1.54) is 11.1 Å². The van der Waals surface area contributed by atoms with Crippen molar-refractivity contribution >= 4 is 51.0 Å². The second-order valence-electron chi connectivity index (χ2n) is 9.79. The first-order valence-electron chi connectivity index (χ1n) is 11.4. The highest BCUT2D eigenvalue weighted by Crippen LogP contribution is 2.34. The van der Waals surface area contributed by atoms with Crippen LogP contribution in [0.3, 0.4) is 0 Å². The summed E-state index contributed by atoms with van der Waals surface area (Å²) in [7, 11) is 0. The predicted octanol–water partition coefficient (Wildman–Crippen LogP) is 8.05. The molecule has 0 fully saturated rings. The lowest BCUT2D eigenvalue weighted by Crippen LogP contribution is -2.03. The first-order chi connectivity index (χ1) is 15.2. The molecule has 4 heteroatoms. The van der Waals surface area contributed by atoms with Gasteiger partial charge < -0.3 is 5.41 Å². The molecule has 0 aliphatic carbocycles. The first kappa shape index (κ1) is 22.5. The summed E-state index contributed by atoms with van der Waals surface area (Å²) in [6.07, 6.45) is 5.97. The van der Waals surface area contributed by atoms with Crippen LogP contribution >= 0.6 is 11.6 Å². The Hall–Kier alpha value is -2.65. The van der Waals surface area contributed by atoms with Crippen molar-refractivity contribution in [2.24, 2.45) is 11.8 Å². The number of nitrogens with one attached hydrogen (secondary N) is 1. The Balaban J connectivity index is 2.15. The number of hydrogen-bond donors (Lipinski definition) is 1. The van der Waals surface area contributed by atoms with Crippen LogP contribution in [0.2, 0.25) is 5.02 Å². The fraction of sp³-hybridized carbons (Fsp3) is 0.357. The van der Waals surface area contributed by atoms with Crippen molar-refractivity contribution in [1.29, 1.82) is 5.41 Å². The monoisotopic (exact) mass is 445 g/mol. The zero-order valence-corrected chi connectivity index (χ0v) is 20.6. The van der Waals surface area contributed by atoms with Crippen LogP contribution in [0.5, 0.6) is 0 Å². The number of rotatable bonds is 6. The number of allylic oxidation sites excluding steroid dienone is 1. The Kier molecular flexibility index (Phi) is 6.13.